The van der Waals surface area contributed by atoms with Gasteiger partial charge in [-0.1, -0.05) is 32.4 Å². The molecule has 70 valence electrons. The number of rotatable bonds is 3. The monoisotopic (exact) mass is 188 g/mol. The van der Waals surface area contributed by atoms with E-state index in [0.717, 1.165) is 0 Å². The van der Waals surface area contributed by atoms with Gasteiger partial charge in [-0.3, -0.25) is 0 Å². The van der Waals surface area contributed by atoms with E-state index in [4.69, 9.17) is 23.1 Å². The Labute approximate surface area is 79.3 Å². The summed E-state index contributed by atoms with van der Waals surface area (Å²) in [7, 11) is 0. The molecule has 1 atom stereocenters. The van der Waals surface area contributed by atoms with Crippen LogP contribution in [0.5, 0.6) is 0 Å². The molecule has 0 rings (SSSR count). The fourth-order valence-electron chi connectivity index (χ4n) is 0.757. The summed E-state index contributed by atoms with van der Waals surface area (Å²) in [4.78, 5) is 0. The smallest absolute Gasteiger partial charge is 0.0610 e. The van der Waals surface area contributed by atoms with Gasteiger partial charge in [0.05, 0.1) is 5.03 Å². The lowest BCUT2D eigenvalue weighted by Crippen LogP contribution is -2.15. The Morgan fingerprint density at radius 2 is 1.83 bits per heavy atom. The zero-order valence-electron chi connectivity index (χ0n) is 7.84. The molecule has 0 aliphatic heterocycles. The second-order valence-electron chi connectivity index (χ2n) is 3.20. The number of halogens is 1. The molecule has 2 nitrogen and oxygen atoms in total. The Kier molecular flexibility index (Phi) is 4.83. The second-order valence-corrected chi connectivity index (χ2v) is 3.60. The van der Waals surface area contributed by atoms with E-state index in [1.807, 2.05) is 6.92 Å². The Bertz CT molecular complexity index is 195. The third-order valence-corrected chi connectivity index (χ3v) is 2.35. The lowest BCUT2D eigenvalue weighted by atomic mass is 9.94. The Balaban J connectivity index is 4.53. The second kappa shape index (κ2) is 5.09. The quantitative estimate of drug-likeness (QED) is 0.667. The minimum Gasteiger partial charge on any atom is -0.405 e. The van der Waals surface area contributed by atoms with E-state index in [9.17, 15) is 0 Å². The molecule has 12 heavy (non-hydrogen) atoms. The molecule has 0 saturated carbocycles. The summed E-state index contributed by atoms with van der Waals surface area (Å²) in [5, 5.41) is 0.540. The first-order valence-electron chi connectivity index (χ1n) is 4.04. The summed E-state index contributed by atoms with van der Waals surface area (Å²) in [5.74, 6) is 0.777. The van der Waals surface area contributed by atoms with Gasteiger partial charge in [-0.25, -0.2) is 0 Å². The lowest BCUT2D eigenvalue weighted by Gasteiger charge is -2.16. The first kappa shape index (κ1) is 11.4. The molecule has 0 heterocycles. The molecule has 1 unspecified atom stereocenters. The van der Waals surface area contributed by atoms with Gasteiger partial charge >= 0.3 is 0 Å². The molecule has 4 N–H and O–H groups in total. The third-order valence-electron chi connectivity index (χ3n) is 2.01. The maximum absolute atomic E-state index is 5.86. The summed E-state index contributed by atoms with van der Waals surface area (Å²) in [6, 6.07) is 0. The van der Waals surface area contributed by atoms with Crippen LogP contribution in [-0.2, 0) is 0 Å². The van der Waals surface area contributed by atoms with Gasteiger partial charge in [-0.15, -0.1) is 0 Å². The molecule has 0 aromatic heterocycles. The predicted molar refractivity (Wildman–Crippen MR) is 54.4 cm³/mol. The van der Waals surface area contributed by atoms with Crippen molar-refractivity contribution in [3.8, 4) is 0 Å². The maximum atomic E-state index is 5.86. The normalized spacial score (nSPS) is 16.8. The molecule has 0 radical (unpaired) electrons. The largest absolute Gasteiger partial charge is 0.405 e. The van der Waals surface area contributed by atoms with E-state index in [1.165, 1.54) is 6.20 Å². The van der Waals surface area contributed by atoms with Crippen molar-refractivity contribution in [3.05, 3.63) is 23.0 Å². The summed E-state index contributed by atoms with van der Waals surface area (Å²) < 4.78 is 0. The average Bonchev–Trinajstić information content (AvgIpc) is 2.02. The van der Waals surface area contributed by atoms with Crippen LogP contribution in [0.25, 0.3) is 0 Å². The summed E-state index contributed by atoms with van der Waals surface area (Å²) in [6.45, 7) is 6.26. The molecule has 0 spiro atoms. The first-order chi connectivity index (χ1) is 5.50. The van der Waals surface area contributed by atoms with Crippen LogP contribution in [0.4, 0.5) is 0 Å². The molecule has 0 aliphatic rings. The Morgan fingerprint density at radius 3 is 2.17 bits per heavy atom. The van der Waals surface area contributed by atoms with Gasteiger partial charge < -0.3 is 11.5 Å². The predicted octanol–water partition coefficient (Wildman–Crippen LogP) is 2.16. The molecular weight excluding hydrogens is 172 g/mol. The van der Waals surface area contributed by atoms with Crippen LogP contribution in [0.3, 0.4) is 0 Å². The van der Waals surface area contributed by atoms with Crippen molar-refractivity contribution in [2.24, 2.45) is 23.3 Å². The van der Waals surface area contributed by atoms with Gasteiger partial charge in [0.2, 0.25) is 0 Å². The minimum atomic E-state index is 0.286. The molecule has 0 saturated heterocycles. The molecular formula is C9H17ClN2. The van der Waals surface area contributed by atoms with Crippen LogP contribution in [0.1, 0.15) is 20.8 Å². The van der Waals surface area contributed by atoms with Gasteiger partial charge in [-0.2, -0.15) is 0 Å². The number of hydrogen-bond acceptors (Lipinski definition) is 2. The van der Waals surface area contributed by atoms with Crippen LogP contribution in [0.2, 0.25) is 0 Å². The highest BCUT2D eigenvalue weighted by Gasteiger charge is 2.11. The third kappa shape index (κ3) is 3.18. The Morgan fingerprint density at radius 1 is 1.33 bits per heavy atom. The van der Waals surface area contributed by atoms with Gasteiger partial charge in [0, 0.05) is 5.70 Å². The molecule has 0 amide bonds. The highest BCUT2D eigenvalue weighted by Crippen LogP contribution is 2.20. The van der Waals surface area contributed by atoms with E-state index in [-0.39, 0.29) is 5.92 Å². The number of hydrogen-bond donors (Lipinski definition) is 2. The lowest BCUT2D eigenvalue weighted by molar-refractivity contribution is 0.475. The highest BCUT2D eigenvalue weighted by molar-refractivity contribution is 6.31. The van der Waals surface area contributed by atoms with Crippen LogP contribution in [-0.4, -0.2) is 0 Å². The highest BCUT2D eigenvalue weighted by atomic mass is 35.5. The van der Waals surface area contributed by atoms with Crippen molar-refractivity contribution < 1.29 is 0 Å². The summed E-state index contributed by atoms with van der Waals surface area (Å²) in [5.41, 5.74) is 11.7. The van der Waals surface area contributed by atoms with E-state index in [1.54, 1.807) is 6.08 Å². The van der Waals surface area contributed by atoms with Crippen LogP contribution >= 0.6 is 11.6 Å². The number of nitrogens with two attached hydrogens (primary N) is 2. The zero-order chi connectivity index (χ0) is 9.72. The van der Waals surface area contributed by atoms with Crippen molar-refractivity contribution in [1.82, 2.24) is 0 Å². The van der Waals surface area contributed by atoms with E-state index >= 15 is 0 Å². The topological polar surface area (TPSA) is 52.0 Å². The standard InChI is InChI=1S/C9H17ClN2/c1-6(2)7(3)9(12)8(10)4-5-11/h4-7H,11-12H2,1-3H3/b5-4-,9-8+. The van der Waals surface area contributed by atoms with E-state index in [2.05, 4.69) is 13.8 Å². The molecule has 3 heteroatoms. The van der Waals surface area contributed by atoms with Crippen LogP contribution in [0.15, 0.2) is 23.0 Å². The Hall–Kier alpha value is -0.630. The SMILES string of the molecule is CC(C)C(C)/C(N)=C(Cl)/C=C\N. The van der Waals surface area contributed by atoms with Crippen molar-refractivity contribution in [3.63, 3.8) is 0 Å². The minimum absolute atomic E-state index is 0.286. The summed E-state index contributed by atoms with van der Waals surface area (Å²) >= 11 is 5.86. The van der Waals surface area contributed by atoms with Gasteiger partial charge in [0.25, 0.3) is 0 Å². The molecule has 0 bridgehead atoms. The number of allylic oxidation sites excluding steroid dienone is 3. The van der Waals surface area contributed by atoms with E-state index in [0.29, 0.717) is 16.6 Å². The summed E-state index contributed by atoms with van der Waals surface area (Å²) in [6.07, 6.45) is 3.00. The van der Waals surface area contributed by atoms with Gasteiger partial charge in [-0.05, 0) is 24.1 Å². The maximum Gasteiger partial charge on any atom is 0.0610 e. The van der Waals surface area contributed by atoms with Crippen molar-refractivity contribution in [2.45, 2.75) is 20.8 Å². The zero-order valence-corrected chi connectivity index (χ0v) is 8.60. The average molecular weight is 189 g/mol. The van der Waals surface area contributed by atoms with E-state index < -0.39 is 0 Å². The fraction of sp³-hybridized carbons (Fsp3) is 0.556. The fourth-order valence-corrected chi connectivity index (χ4v) is 1.00. The molecule has 0 fully saturated rings. The molecule has 0 aromatic carbocycles. The molecule has 0 aromatic rings. The van der Waals surface area contributed by atoms with Gasteiger partial charge in [0.15, 0.2) is 0 Å². The van der Waals surface area contributed by atoms with Gasteiger partial charge in [0.1, 0.15) is 0 Å². The van der Waals surface area contributed by atoms with Crippen LogP contribution in [0, 0.1) is 11.8 Å². The first-order valence-corrected chi connectivity index (χ1v) is 4.42. The van der Waals surface area contributed by atoms with Crippen LogP contribution < -0.4 is 11.5 Å². The van der Waals surface area contributed by atoms with Crippen molar-refractivity contribution in [1.29, 1.82) is 0 Å². The molecule has 0 aliphatic carbocycles. The van der Waals surface area contributed by atoms with Crippen molar-refractivity contribution >= 4 is 11.6 Å². The van der Waals surface area contributed by atoms with Crippen molar-refractivity contribution in [2.75, 3.05) is 0 Å².